The molecule has 0 aromatic heterocycles. The normalized spacial score (nSPS) is 16.4. The quantitative estimate of drug-likeness (QED) is 0.486. The highest BCUT2D eigenvalue weighted by atomic mass is 16.5. The summed E-state index contributed by atoms with van der Waals surface area (Å²) in [7, 11) is 0. The number of nitrogens with one attached hydrogen (secondary N) is 1. The van der Waals surface area contributed by atoms with E-state index in [0.29, 0.717) is 26.2 Å². The summed E-state index contributed by atoms with van der Waals surface area (Å²) in [4.78, 5) is 13.8. The molecular formula is C24H34N2O4. The molecule has 1 atom stereocenters. The summed E-state index contributed by atoms with van der Waals surface area (Å²) in [6.45, 7) is 7.23. The van der Waals surface area contributed by atoms with E-state index in [0.717, 1.165) is 26.2 Å². The zero-order valence-corrected chi connectivity index (χ0v) is 17.8. The molecule has 6 nitrogen and oxygen atoms in total. The van der Waals surface area contributed by atoms with Crippen LogP contribution in [-0.4, -0.2) is 61.5 Å². The van der Waals surface area contributed by atoms with Crippen molar-refractivity contribution in [2.45, 2.75) is 32.5 Å². The van der Waals surface area contributed by atoms with Crippen molar-refractivity contribution in [3.8, 4) is 0 Å². The number of rotatable bonds is 9. The van der Waals surface area contributed by atoms with Crippen molar-refractivity contribution >= 4 is 5.97 Å². The Morgan fingerprint density at radius 2 is 1.80 bits per heavy atom. The van der Waals surface area contributed by atoms with E-state index in [-0.39, 0.29) is 18.7 Å². The van der Waals surface area contributed by atoms with Crippen LogP contribution >= 0.6 is 0 Å². The average Bonchev–Trinajstić information content (AvgIpc) is 2.76. The minimum absolute atomic E-state index is 0.0449. The summed E-state index contributed by atoms with van der Waals surface area (Å²) in [5.41, 5.74) is 2.54. The van der Waals surface area contributed by atoms with Crippen LogP contribution in [0.5, 0.6) is 0 Å². The molecule has 0 aliphatic carbocycles. The molecule has 1 aliphatic heterocycles. The molecule has 1 aliphatic rings. The number of carbonyl (C=O) groups is 1. The Labute approximate surface area is 179 Å². The first kappa shape index (κ1) is 24.0. The minimum atomic E-state index is -0.172. The van der Waals surface area contributed by atoms with Crippen molar-refractivity contribution in [2.75, 3.05) is 39.5 Å². The van der Waals surface area contributed by atoms with Crippen molar-refractivity contribution in [1.29, 1.82) is 0 Å². The third-order valence-electron chi connectivity index (χ3n) is 4.63. The fraction of sp³-hybridized carbons (Fsp3) is 0.458. The van der Waals surface area contributed by atoms with E-state index in [4.69, 9.17) is 14.6 Å². The highest BCUT2D eigenvalue weighted by Crippen LogP contribution is 2.13. The summed E-state index contributed by atoms with van der Waals surface area (Å²) in [5.74, 6) is -0.172. The van der Waals surface area contributed by atoms with Gasteiger partial charge in [-0.25, -0.2) is 0 Å². The number of aliphatic hydroxyl groups is 1. The second-order valence-corrected chi connectivity index (χ2v) is 7.11. The number of nitrogens with zero attached hydrogens (tertiary/aromatic N) is 1. The molecule has 0 saturated carbocycles. The van der Waals surface area contributed by atoms with Crippen LogP contribution < -0.4 is 5.32 Å². The lowest BCUT2D eigenvalue weighted by Gasteiger charge is -2.32. The van der Waals surface area contributed by atoms with Gasteiger partial charge >= 0.3 is 5.97 Å². The molecule has 0 amide bonds. The standard InChI is InChI=1S/C15H21NO3.C9H13NO/c1-2-18-15(17)10-14-12-16(8-9-19-14)11-13-6-4-3-5-7-13;11-7-6-10-8-9-4-2-1-3-5-9/h3-7,14H,2,8-12H2,1H3;1-5,10-11H,6-8H2. The van der Waals surface area contributed by atoms with Crippen LogP contribution in [0, 0.1) is 0 Å². The molecule has 1 unspecified atom stereocenters. The maximum atomic E-state index is 11.5. The van der Waals surface area contributed by atoms with E-state index in [9.17, 15) is 4.79 Å². The highest BCUT2D eigenvalue weighted by Gasteiger charge is 2.23. The van der Waals surface area contributed by atoms with Crippen molar-refractivity contribution in [1.82, 2.24) is 10.2 Å². The first-order valence-electron chi connectivity index (χ1n) is 10.6. The molecule has 3 rings (SSSR count). The van der Waals surface area contributed by atoms with E-state index >= 15 is 0 Å². The monoisotopic (exact) mass is 414 g/mol. The largest absolute Gasteiger partial charge is 0.466 e. The van der Waals surface area contributed by atoms with Gasteiger partial charge in [-0.05, 0) is 18.1 Å². The van der Waals surface area contributed by atoms with Gasteiger partial charge in [0.15, 0.2) is 0 Å². The minimum Gasteiger partial charge on any atom is -0.466 e. The third kappa shape index (κ3) is 9.98. The Morgan fingerprint density at radius 1 is 1.13 bits per heavy atom. The Morgan fingerprint density at radius 3 is 2.43 bits per heavy atom. The molecule has 2 aromatic carbocycles. The average molecular weight is 415 g/mol. The summed E-state index contributed by atoms with van der Waals surface area (Å²) < 4.78 is 10.6. The number of hydrogen-bond donors (Lipinski definition) is 2. The molecule has 164 valence electrons. The topological polar surface area (TPSA) is 71.0 Å². The van der Waals surface area contributed by atoms with Crippen LogP contribution in [0.15, 0.2) is 60.7 Å². The van der Waals surface area contributed by atoms with Crippen molar-refractivity contribution in [3.63, 3.8) is 0 Å². The summed E-state index contributed by atoms with van der Waals surface area (Å²) in [6, 6.07) is 20.5. The van der Waals surface area contributed by atoms with Gasteiger partial charge in [-0.1, -0.05) is 60.7 Å². The van der Waals surface area contributed by atoms with Gasteiger partial charge in [-0.3, -0.25) is 9.69 Å². The second kappa shape index (κ2) is 14.7. The number of ether oxygens (including phenoxy) is 2. The van der Waals surface area contributed by atoms with Gasteiger partial charge in [-0.15, -0.1) is 0 Å². The molecule has 0 spiro atoms. The number of aliphatic hydroxyl groups excluding tert-OH is 1. The highest BCUT2D eigenvalue weighted by molar-refractivity contribution is 5.69. The molecule has 2 aromatic rings. The smallest absolute Gasteiger partial charge is 0.308 e. The Hall–Kier alpha value is -2.25. The van der Waals surface area contributed by atoms with Crippen LogP contribution in [0.2, 0.25) is 0 Å². The van der Waals surface area contributed by atoms with Gasteiger partial charge < -0.3 is 19.9 Å². The third-order valence-corrected chi connectivity index (χ3v) is 4.63. The molecule has 1 saturated heterocycles. The zero-order chi connectivity index (χ0) is 21.4. The zero-order valence-electron chi connectivity index (χ0n) is 17.8. The van der Waals surface area contributed by atoms with Gasteiger partial charge in [0.25, 0.3) is 0 Å². The maximum Gasteiger partial charge on any atom is 0.308 e. The van der Waals surface area contributed by atoms with Gasteiger partial charge in [0.2, 0.25) is 0 Å². The molecular weight excluding hydrogens is 380 g/mol. The second-order valence-electron chi connectivity index (χ2n) is 7.11. The lowest BCUT2D eigenvalue weighted by Crippen LogP contribution is -2.42. The Bertz CT molecular complexity index is 697. The molecule has 6 heteroatoms. The molecule has 1 fully saturated rings. The fourth-order valence-corrected chi connectivity index (χ4v) is 3.20. The summed E-state index contributed by atoms with van der Waals surface area (Å²) >= 11 is 0. The number of hydrogen-bond acceptors (Lipinski definition) is 6. The van der Waals surface area contributed by atoms with Crippen molar-refractivity contribution in [3.05, 3.63) is 71.8 Å². The lowest BCUT2D eigenvalue weighted by atomic mass is 10.1. The lowest BCUT2D eigenvalue weighted by molar-refractivity contribution is -0.148. The number of benzene rings is 2. The fourth-order valence-electron chi connectivity index (χ4n) is 3.20. The van der Waals surface area contributed by atoms with Crippen LogP contribution in [0.25, 0.3) is 0 Å². The van der Waals surface area contributed by atoms with Gasteiger partial charge in [0.1, 0.15) is 0 Å². The predicted molar refractivity (Wildman–Crippen MR) is 118 cm³/mol. The van der Waals surface area contributed by atoms with E-state index in [1.165, 1.54) is 11.1 Å². The summed E-state index contributed by atoms with van der Waals surface area (Å²) in [6.07, 6.45) is 0.301. The van der Waals surface area contributed by atoms with Crippen molar-refractivity contribution < 1.29 is 19.4 Å². The SMILES string of the molecule is CCOC(=O)CC1CN(Cc2ccccc2)CCO1.OCCNCc1ccccc1. The molecule has 0 radical (unpaired) electrons. The first-order valence-corrected chi connectivity index (χ1v) is 10.6. The van der Waals surface area contributed by atoms with Crippen LogP contribution in [-0.2, 0) is 27.4 Å². The van der Waals surface area contributed by atoms with E-state index in [1.807, 2.05) is 43.3 Å². The predicted octanol–water partition coefficient (Wildman–Crippen LogP) is 2.61. The Kier molecular flexibility index (Phi) is 11.8. The van der Waals surface area contributed by atoms with Gasteiger partial charge in [0, 0.05) is 32.7 Å². The molecule has 1 heterocycles. The summed E-state index contributed by atoms with van der Waals surface area (Å²) in [5, 5.41) is 11.6. The van der Waals surface area contributed by atoms with Crippen molar-refractivity contribution in [2.24, 2.45) is 0 Å². The van der Waals surface area contributed by atoms with Crippen LogP contribution in [0.3, 0.4) is 0 Å². The van der Waals surface area contributed by atoms with Crippen LogP contribution in [0.1, 0.15) is 24.5 Å². The molecule has 30 heavy (non-hydrogen) atoms. The van der Waals surface area contributed by atoms with E-state index in [1.54, 1.807) is 0 Å². The number of esters is 1. The number of carbonyl (C=O) groups excluding carboxylic acids is 1. The molecule has 0 bridgehead atoms. The first-order chi connectivity index (χ1) is 14.7. The van der Waals surface area contributed by atoms with Gasteiger partial charge in [0.05, 0.1) is 32.3 Å². The number of morpholine rings is 1. The Balaban J connectivity index is 0.000000248. The van der Waals surface area contributed by atoms with E-state index in [2.05, 4.69) is 34.5 Å². The van der Waals surface area contributed by atoms with Crippen LogP contribution in [0.4, 0.5) is 0 Å². The molecule has 2 N–H and O–H groups in total. The van der Waals surface area contributed by atoms with Gasteiger partial charge in [-0.2, -0.15) is 0 Å². The maximum absolute atomic E-state index is 11.5. The van der Waals surface area contributed by atoms with E-state index < -0.39 is 0 Å².